The molecule has 1 aromatic heterocycles. The van der Waals surface area contributed by atoms with Crippen LogP contribution in [-0.2, 0) is 9.53 Å². The summed E-state index contributed by atoms with van der Waals surface area (Å²) in [4.78, 5) is 19.6. The number of carboxylic acids is 1. The fourth-order valence-corrected chi connectivity index (χ4v) is 3.68. The van der Waals surface area contributed by atoms with Gasteiger partial charge in [0.1, 0.15) is 29.3 Å². The van der Waals surface area contributed by atoms with Crippen molar-refractivity contribution in [1.29, 1.82) is 0 Å². The first-order valence-electron chi connectivity index (χ1n) is 7.26. The molecule has 0 bridgehead atoms. The molecule has 0 amide bonds. The number of nitro groups is 1. The van der Waals surface area contributed by atoms with Crippen molar-refractivity contribution in [2.75, 3.05) is 0 Å². The van der Waals surface area contributed by atoms with E-state index in [0.717, 1.165) is 17.8 Å². The fraction of sp³-hybridized carbons (Fsp3) is 0.462. The van der Waals surface area contributed by atoms with Gasteiger partial charge in [0.2, 0.25) is 0 Å². The van der Waals surface area contributed by atoms with Gasteiger partial charge in [-0.2, -0.15) is 0 Å². The van der Waals surface area contributed by atoms with Gasteiger partial charge >= 0.3 is 11.9 Å². The summed E-state index contributed by atoms with van der Waals surface area (Å²) in [6.45, 7) is 0. The highest BCUT2D eigenvalue weighted by molar-refractivity contribution is 8.03. The van der Waals surface area contributed by atoms with Gasteiger partial charge in [-0.1, -0.05) is 11.8 Å². The number of carbonyl (C=O) groups is 1. The molecule has 0 spiro atoms. The molecular weight excluding hydrogens is 374 g/mol. The van der Waals surface area contributed by atoms with Gasteiger partial charge in [-0.15, -0.1) is 0 Å². The predicted molar refractivity (Wildman–Crippen MR) is 85.3 cm³/mol. The smallest absolute Gasteiger partial charge is 0.433 e. The largest absolute Gasteiger partial charge is 0.479 e. The molecule has 26 heavy (non-hydrogen) atoms. The van der Waals surface area contributed by atoms with Crippen molar-refractivity contribution in [3.63, 3.8) is 0 Å². The van der Waals surface area contributed by atoms with Crippen LogP contribution in [-0.4, -0.2) is 66.8 Å². The summed E-state index contributed by atoms with van der Waals surface area (Å²) in [5, 5.41) is 53.8. The first kappa shape index (κ1) is 18.6. The second-order valence-corrected chi connectivity index (χ2v) is 6.90. The SMILES string of the molecule is NC1(C2O[C@H](C(=O)O)[C@@H](O)[C@H](O)[C@H]2O)NC(c2ccc([N+](=O)[O-])o2)=CS1. The third kappa shape index (κ3) is 3.04. The second-order valence-electron chi connectivity index (χ2n) is 5.75. The standard InChI is InChI=1S/C13H15N3O9S/c14-13(11-9(19)7(17)8(18)10(25-11)12(20)21)15-4(3-26-13)5-1-2-6(24-5)16(22)23/h1-3,7-11,15,17-19H,14H2,(H,20,21)/t7-,8-,9+,10-,11?,13?/m0/s1. The summed E-state index contributed by atoms with van der Waals surface area (Å²) in [5.74, 6) is -1.92. The van der Waals surface area contributed by atoms with Gasteiger partial charge in [0.25, 0.3) is 0 Å². The minimum atomic E-state index is -1.84. The first-order valence-corrected chi connectivity index (χ1v) is 8.14. The molecule has 2 aliphatic heterocycles. The first-order chi connectivity index (χ1) is 12.1. The molecule has 0 aromatic carbocycles. The van der Waals surface area contributed by atoms with Gasteiger partial charge in [-0.05, 0) is 6.07 Å². The van der Waals surface area contributed by atoms with E-state index in [1.54, 1.807) is 0 Å². The summed E-state index contributed by atoms with van der Waals surface area (Å²) in [5.41, 5.74) is 6.39. The number of carboxylic acid groups (broad SMARTS) is 1. The van der Waals surface area contributed by atoms with Crippen LogP contribution in [0.2, 0.25) is 0 Å². The number of furan rings is 1. The van der Waals surface area contributed by atoms with E-state index >= 15 is 0 Å². The van der Waals surface area contributed by atoms with Crippen molar-refractivity contribution in [3.8, 4) is 0 Å². The van der Waals surface area contributed by atoms with Crippen molar-refractivity contribution in [3.05, 3.63) is 33.4 Å². The Morgan fingerprint density at radius 3 is 2.58 bits per heavy atom. The van der Waals surface area contributed by atoms with E-state index < -0.39 is 52.3 Å². The van der Waals surface area contributed by atoms with Crippen LogP contribution in [0.5, 0.6) is 0 Å². The zero-order chi connectivity index (χ0) is 19.2. The molecule has 1 fully saturated rings. The molecule has 1 aromatic rings. The second kappa shape index (κ2) is 6.53. The van der Waals surface area contributed by atoms with Gasteiger partial charge in [0, 0.05) is 5.41 Å². The Labute approximate surface area is 149 Å². The van der Waals surface area contributed by atoms with Crippen LogP contribution in [0, 0.1) is 10.1 Å². The van der Waals surface area contributed by atoms with Crippen LogP contribution in [0.25, 0.3) is 5.70 Å². The molecule has 0 saturated carbocycles. The third-order valence-corrected chi connectivity index (χ3v) is 5.10. The minimum absolute atomic E-state index is 0.0946. The average Bonchev–Trinajstić information content (AvgIpc) is 3.20. The summed E-state index contributed by atoms with van der Waals surface area (Å²) < 4.78 is 10.3. The van der Waals surface area contributed by atoms with Gasteiger partial charge in [-0.3, -0.25) is 15.8 Å². The Balaban J connectivity index is 1.80. The molecular formula is C13H15N3O9S. The van der Waals surface area contributed by atoms with Crippen LogP contribution >= 0.6 is 11.8 Å². The third-order valence-electron chi connectivity index (χ3n) is 4.02. The molecule has 1 saturated heterocycles. The Hall–Kier alpha value is -2.16. The van der Waals surface area contributed by atoms with E-state index in [2.05, 4.69) is 5.32 Å². The maximum absolute atomic E-state index is 11.2. The maximum Gasteiger partial charge on any atom is 0.433 e. The summed E-state index contributed by atoms with van der Waals surface area (Å²) in [7, 11) is 0. The predicted octanol–water partition coefficient (Wildman–Crippen LogP) is -1.63. The van der Waals surface area contributed by atoms with Gasteiger partial charge < -0.3 is 34.9 Å². The Morgan fingerprint density at radius 2 is 2.00 bits per heavy atom. The lowest BCUT2D eigenvalue weighted by atomic mass is 9.93. The molecule has 142 valence electrons. The molecule has 2 unspecified atom stereocenters. The number of aliphatic hydroxyl groups excluding tert-OH is 3. The van der Waals surface area contributed by atoms with E-state index in [9.17, 15) is 30.2 Å². The topological polar surface area (TPSA) is 202 Å². The fourth-order valence-electron chi connectivity index (χ4n) is 2.69. The highest BCUT2D eigenvalue weighted by Crippen LogP contribution is 2.40. The van der Waals surface area contributed by atoms with Crippen LogP contribution in [0.3, 0.4) is 0 Å². The number of rotatable bonds is 4. The van der Waals surface area contributed by atoms with Crippen molar-refractivity contribution >= 4 is 29.3 Å². The Bertz CT molecular complexity index is 768. The number of aliphatic hydroxyl groups is 3. The van der Waals surface area contributed by atoms with Crippen LogP contribution < -0.4 is 11.1 Å². The van der Waals surface area contributed by atoms with Crippen molar-refractivity contribution in [2.45, 2.75) is 35.5 Å². The van der Waals surface area contributed by atoms with E-state index in [1.807, 2.05) is 0 Å². The molecule has 2 aliphatic rings. The van der Waals surface area contributed by atoms with E-state index in [1.165, 1.54) is 11.5 Å². The van der Waals surface area contributed by atoms with Gasteiger partial charge in [0.15, 0.2) is 16.9 Å². The number of hydrogen-bond donors (Lipinski definition) is 6. The van der Waals surface area contributed by atoms with Gasteiger partial charge in [0.05, 0.1) is 11.8 Å². The zero-order valence-electron chi connectivity index (χ0n) is 12.9. The molecule has 0 radical (unpaired) electrons. The number of thioether (sulfide) groups is 1. The molecule has 6 atom stereocenters. The summed E-state index contributed by atoms with van der Waals surface area (Å²) in [6, 6.07) is 2.48. The molecule has 7 N–H and O–H groups in total. The lowest BCUT2D eigenvalue weighted by Crippen LogP contribution is -2.70. The molecule has 0 aliphatic carbocycles. The number of nitrogens with zero attached hydrogens (tertiary/aromatic N) is 1. The summed E-state index contributed by atoms with van der Waals surface area (Å²) in [6.07, 6.45) is -8.55. The minimum Gasteiger partial charge on any atom is -0.479 e. The van der Waals surface area contributed by atoms with Crippen molar-refractivity contribution < 1.29 is 39.3 Å². The van der Waals surface area contributed by atoms with E-state index in [0.29, 0.717) is 0 Å². The molecule has 3 rings (SSSR count). The Kier molecular flexibility index (Phi) is 4.68. The van der Waals surface area contributed by atoms with Crippen molar-refractivity contribution in [1.82, 2.24) is 5.32 Å². The van der Waals surface area contributed by atoms with Crippen LogP contribution in [0.15, 0.2) is 22.0 Å². The van der Waals surface area contributed by atoms with E-state index in [4.69, 9.17) is 20.0 Å². The molecule has 3 heterocycles. The highest BCUT2D eigenvalue weighted by atomic mass is 32.2. The number of hydrogen-bond acceptors (Lipinski definition) is 11. The maximum atomic E-state index is 11.2. The zero-order valence-corrected chi connectivity index (χ0v) is 13.7. The normalized spacial score (nSPS) is 37.1. The quantitative estimate of drug-likeness (QED) is 0.254. The Morgan fingerprint density at radius 1 is 1.31 bits per heavy atom. The number of nitrogens with two attached hydrogens (primary N) is 1. The average molecular weight is 389 g/mol. The van der Waals surface area contributed by atoms with E-state index in [-0.39, 0.29) is 11.5 Å². The van der Waals surface area contributed by atoms with Crippen LogP contribution in [0.1, 0.15) is 5.76 Å². The van der Waals surface area contributed by atoms with Crippen LogP contribution in [0.4, 0.5) is 5.88 Å². The number of aliphatic carboxylic acids is 1. The molecule has 12 nitrogen and oxygen atoms in total. The lowest BCUT2D eigenvalue weighted by molar-refractivity contribution is -0.402. The van der Waals surface area contributed by atoms with Crippen molar-refractivity contribution in [2.24, 2.45) is 5.73 Å². The summed E-state index contributed by atoms with van der Waals surface area (Å²) >= 11 is 0.897. The lowest BCUT2D eigenvalue weighted by Gasteiger charge is -2.45. The monoisotopic (exact) mass is 389 g/mol. The number of ether oxygens (including phenoxy) is 1. The number of nitrogens with one attached hydrogen (secondary N) is 1. The highest BCUT2D eigenvalue weighted by Gasteiger charge is 2.55. The molecule has 13 heteroatoms. The van der Waals surface area contributed by atoms with Gasteiger partial charge in [-0.25, -0.2) is 4.79 Å².